The molecule has 0 aliphatic carbocycles. The number of carbonyl (C=O) groups excluding carboxylic acids is 1. The van der Waals surface area contributed by atoms with Gasteiger partial charge >= 0.3 is 0 Å². The fourth-order valence-electron chi connectivity index (χ4n) is 1.14. The van der Waals surface area contributed by atoms with Crippen LogP contribution >= 0.6 is 15.9 Å². The molecule has 1 aromatic rings. The van der Waals surface area contributed by atoms with Gasteiger partial charge in [0.1, 0.15) is 5.69 Å². The summed E-state index contributed by atoms with van der Waals surface area (Å²) in [5.74, 6) is -0.190. The Morgan fingerprint density at radius 3 is 2.67 bits per heavy atom. The lowest BCUT2D eigenvalue weighted by atomic mass is 10.1. The Morgan fingerprint density at radius 1 is 1.67 bits per heavy atom. The SMILES string of the molecule is Cn1cc(Br)cc1C(=O)NCC(C)(C)O. The lowest BCUT2D eigenvalue weighted by Crippen LogP contribution is -2.38. The minimum Gasteiger partial charge on any atom is -0.389 e. The van der Waals surface area contributed by atoms with E-state index in [1.165, 1.54) is 0 Å². The van der Waals surface area contributed by atoms with E-state index < -0.39 is 5.60 Å². The Balaban J connectivity index is 2.66. The van der Waals surface area contributed by atoms with Crippen molar-refractivity contribution in [3.63, 3.8) is 0 Å². The highest BCUT2D eigenvalue weighted by atomic mass is 79.9. The first-order chi connectivity index (χ1) is 6.79. The van der Waals surface area contributed by atoms with Gasteiger partial charge in [0.05, 0.1) is 5.60 Å². The number of aromatic nitrogens is 1. The van der Waals surface area contributed by atoms with Crippen molar-refractivity contribution in [1.29, 1.82) is 0 Å². The van der Waals surface area contributed by atoms with Gasteiger partial charge in [0, 0.05) is 24.3 Å². The number of rotatable bonds is 3. The lowest BCUT2D eigenvalue weighted by Gasteiger charge is -2.17. The average Bonchev–Trinajstić information content (AvgIpc) is 2.40. The number of hydrogen-bond acceptors (Lipinski definition) is 2. The Kier molecular flexibility index (Phi) is 3.57. The highest BCUT2D eigenvalue weighted by molar-refractivity contribution is 9.10. The third-order valence-corrected chi connectivity index (χ3v) is 2.32. The number of nitrogens with zero attached hydrogens (tertiary/aromatic N) is 1. The van der Waals surface area contributed by atoms with Gasteiger partial charge in [-0.15, -0.1) is 0 Å². The van der Waals surface area contributed by atoms with Crippen molar-refractivity contribution in [2.75, 3.05) is 6.54 Å². The molecule has 84 valence electrons. The van der Waals surface area contributed by atoms with Crippen LogP contribution in [0.15, 0.2) is 16.7 Å². The normalized spacial score (nSPS) is 11.5. The van der Waals surface area contributed by atoms with Crippen LogP contribution in [0.5, 0.6) is 0 Å². The topological polar surface area (TPSA) is 54.3 Å². The van der Waals surface area contributed by atoms with E-state index in [2.05, 4.69) is 21.2 Å². The van der Waals surface area contributed by atoms with Crippen LogP contribution in [-0.4, -0.2) is 27.7 Å². The van der Waals surface area contributed by atoms with E-state index in [4.69, 9.17) is 0 Å². The van der Waals surface area contributed by atoms with E-state index in [9.17, 15) is 9.90 Å². The molecule has 2 N–H and O–H groups in total. The third kappa shape index (κ3) is 3.68. The first kappa shape index (κ1) is 12.3. The molecule has 1 rings (SSSR count). The van der Waals surface area contributed by atoms with Crippen LogP contribution in [0, 0.1) is 0 Å². The van der Waals surface area contributed by atoms with Crippen molar-refractivity contribution in [2.24, 2.45) is 7.05 Å². The van der Waals surface area contributed by atoms with Gasteiger partial charge in [-0.05, 0) is 35.8 Å². The molecule has 0 aliphatic heterocycles. The predicted molar refractivity (Wildman–Crippen MR) is 61.7 cm³/mol. The molecule has 0 fully saturated rings. The molecular weight excluding hydrogens is 260 g/mol. The van der Waals surface area contributed by atoms with E-state index in [1.807, 2.05) is 0 Å². The molecule has 1 heterocycles. The van der Waals surface area contributed by atoms with Crippen LogP contribution in [0.1, 0.15) is 24.3 Å². The summed E-state index contributed by atoms with van der Waals surface area (Å²) < 4.78 is 2.59. The minimum absolute atomic E-state index is 0.190. The number of amides is 1. The van der Waals surface area contributed by atoms with Crippen LogP contribution in [-0.2, 0) is 7.05 Å². The van der Waals surface area contributed by atoms with E-state index in [-0.39, 0.29) is 12.5 Å². The van der Waals surface area contributed by atoms with E-state index in [1.54, 1.807) is 37.7 Å². The van der Waals surface area contributed by atoms with Crippen LogP contribution < -0.4 is 5.32 Å². The summed E-state index contributed by atoms with van der Waals surface area (Å²) in [6.07, 6.45) is 1.80. The maximum atomic E-state index is 11.7. The molecule has 1 aromatic heterocycles. The zero-order chi connectivity index (χ0) is 11.6. The Labute approximate surface area is 97.4 Å². The molecule has 0 aromatic carbocycles. The Bertz CT molecular complexity index is 366. The van der Waals surface area contributed by atoms with E-state index >= 15 is 0 Å². The van der Waals surface area contributed by atoms with Crippen molar-refractivity contribution in [1.82, 2.24) is 9.88 Å². The monoisotopic (exact) mass is 274 g/mol. The summed E-state index contributed by atoms with van der Waals surface area (Å²) in [5, 5.41) is 12.1. The fraction of sp³-hybridized carbons (Fsp3) is 0.500. The zero-order valence-corrected chi connectivity index (χ0v) is 10.6. The number of hydrogen-bond donors (Lipinski definition) is 2. The summed E-state index contributed by atoms with van der Waals surface area (Å²) in [6, 6.07) is 1.74. The molecule has 0 aliphatic rings. The molecule has 0 radical (unpaired) electrons. The minimum atomic E-state index is -0.891. The van der Waals surface area contributed by atoms with Crippen LogP contribution in [0.3, 0.4) is 0 Å². The highest BCUT2D eigenvalue weighted by Crippen LogP contribution is 2.13. The molecule has 0 bridgehead atoms. The van der Waals surface area contributed by atoms with Crippen LogP contribution in [0.4, 0.5) is 0 Å². The number of aryl methyl sites for hydroxylation is 1. The van der Waals surface area contributed by atoms with Crippen molar-refractivity contribution < 1.29 is 9.90 Å². The van der Waals surface area contributed by atoms with Crippen molar-refractivity contribution in [2.45, 2.75) is 19.4 Å². The number of aliphatic hydroxyl groups is 1. The zero-order valence-electron chi connectivity index (χ0n) is 9.04. The third-order valence-electron chi connectivity index (χ3n) is 1.89. The van der Waals surface area contributed by atoms with Crippen LogP contribution in [0.2, 0.25) is 0 Å². The summed E-state index contributed by atoms with van der Waals surface area (Å²) in [6.45, 7) is 3.52. The maximum absolute atomic E-state index is 11.7. The second kappa shape index (κ2) is 4.37. The Hall–Kier alpha value is -0.810. The van der Waals surface area contributed by atoms with Gasteiger partial charge < -0.3 is 15.0 Å². The second-order valence-electron chi connectivity index (χ2n) is 4.15. The molecule has 4 nitrogen and oxygen atoms in total. The van der Waals surface area contributed by atoms with Crippen molar-refractivity contribution >= 4 is 21.8 Å². The second-order valence-corrected chi connectivity index (χ2v) is 5.07. The lowest BCUT2D eigenvalue weighted by molar-refractivity contribution is 0.0690. The van der Waals surface area contributed by atoms with Gasteiger partial charge in [-0.25, -0.2) is 0 Å². The van der Waals surface area contributed by atoms with Crippen molar-refractivity contribution in [3.05, 3.63) is 22.4 Å². The molecule has 0 saturated heterocycles. The molecule has 15 heavy (non-hydrogen) atoms. The predicted octanol–water partition coefficient (Wildman–Crippen LogP) is 1.29. The van der Waals surface area contributed by atoms with Gasteiger partial charge in [0.2, 0.25) is 0 Å². The quantitative estimate of drug-likeness (QED) is 0.873. The van der Waals surface area contributed by atoms with Crippen LogP contribution in [0.25, 0.3) is 0 Å². The van der Waals surface area contributed by atoms with Gasteiger partial charge in [-0.2, -0.15) is 0 Å². The van der Waals surface area contributed by atoms with Gasteiger partial charge in [-0.1, -0.05) is 0 Å². The van der Waals surface area contributed by atoms with Gasteiger partial charge in [-0.3, -0.25) is 4.79 Å². The molecule has 0 unspecified atom stereocenters. The number of carbonyl (C=O) groups is 1. The molecule has 0 spiro atoms. The van der Waals surface area contributed by atoms with Gasteiger partial charge in [0.25, 0.3) is 5.91 Å². The summed E-state index contributed by atoms with van der Waals surface area (Å²) in [5.41, 5.74) is -0.330. The number of halogens is 1. The molecule has 0 atom stereocenters. The molecule has 5 heteroatoms. The first-order valence-electron chi connectivity index (χ1n) is 4.62. The smallest absolute Gasteiger partial charge is 0.268 e. The fourth-order valence-corrected chi connectivity index (χ4v) is 1.66. The van der Waals surface area contributed by atoms with E-state index in [0.717, 1.165) is 4.47 Å². The molecule has 0 saturated carbocycles. The molecular formula is C10H15BrN2O2. The Morgan fingerprint density at radius 2 is 2.27 bits per heavy atom. The summed E-state index contributed by atoms with van der Waals surface area (Å²) in [4.78, 5) is 11.7. The molecule has 1 amide bonds. The van der Waals surface area contributed by atoms with E-state index in [0.29, 0.717) is 5.69 Å². The van der Waals surface area contributed by atoms with Gasteiger partial charge in [0.15, 0.2) is 0 Å². The maximum Gasteiger partial charge on any atom is 0.268 e. The summed E-state index contributed by atoms with van der Waals surface area (Å²) in [7, 11) is 1.80. The van der Waals surface area contributed by atoms with Crippen molar-refractivity contribution in [3.8, 4) is 0 Å². The highest BCUT2D eigenvalue weighted by Gasteiger charge is 2.16. The average molecular weight is 275 g/mol. The summed E-state index contributed by atoms with van der Waals surface area (Å²) >= 11 is 3.29. The standard InChI is InChI=1S/C10H15BrN2O2/c1-10(2,15)6-12-9(14)8-4-7(11)5-13(8)3/h4-5,15H,6H2,1-3H3,(H,12,14). The first-order valence-corrected chi connectivity index (χ1v) is 5.41. The number of nitrogens with one attached hydrogen (secondary N) is 1. The largest absolute Gasteiger partial charge is 0.389 e.